The van der Waals surface area contributed by atoms with E-state index in [4.69, 9.17) is 16.3 Å². The summed E-state index contributed by atoms with van der Waals surface area (Å²) < 4.78 is 20.6. The van der Waals surface area contributed by atoms with Gasteiger partial charge in [-0.25, -0.2) is 4.79 Å². The maximum absolute atomic E-state index is 12.5. The van der Waals surface area contributed by atoms with E-state index in [-0.39, 0.29) is 5.56 Å². The van der Waals surface area contributed by atoms with E-state index in [1.807, 2.05) is 27.7 Å². The van der Waals surface area contributed by atoms with Crippen molar-refractivity contribution in [3.63, 3.8) is 0 Å². The third kappa shape index (κ3) is 3.51. The lowest BCUT2D eigenvalue weighted by atomic mass is 9.86. The van der Waals surface area contributed by atoms with Gasteiger partial charge >= 0.3 is 5.97 Å². The number of ether oxygens (including phenoxy) is 1. The highest BCUT2D eigenvalue weighted by Gasteiger charge is 2.48. The van der Waals surface area contributed by atoms with Crippen LogP contribution in [0.5, 0.6) is 0 Å². The molecule has 7 heteroatoms. The number of carboxylic acids is 1. The van der Waals surface area contributed by atoms with Gasteiger partial charge in [0.2, 0.25) is 0 Å². The minimum Gasteiger partial charge on any atom is -0.598 e. The number of carbonyl (C=O) groups is 1. The molecule has 2 rings (SSSR count). The van der Waals surface area contributed by atoms with Crippen molar-refractivity contribution in [2.45, 2.75) is 44.4 Å². The lowest BCUT2D eigenvalue weighted by molar-refractivity contribution is -0.0666. The van der Waals surface area contributed by atoms with Gasteiger partial charge < -0.3 is 14.4 Å². The van der Waals surface area contributed by atoms with E-state index in [1.54, 1.807) is 12.1 Å². The molecule has 1 aliphatic rings. The standard InChI is InChI=1S/C16H22ClNO4S/c1-5-10-11(14(19)20)6-7-12(13(10)17)16(8-22-9-16)18-23(21)15(2,3)4/h6-7,18H,5,8-9H2,1-4H3,(H,19,20). The predicted octanol–water partition coefficient (Wildman–Crippen LogP) is 2.88. The Bertz CT molecular complexity index is 611. The van der Waals surface area contributed by atoms with Crippen LogP contribution >= 0.6 is 11.6 Å². The summed E-state index contributed by atoms with van der Waals surface area (Å²) >= 11 is 5.20. The summed E-state index contributed by atoms with van der Waals surface area (Å²) in [6, 6.07) is 3.25. The number of rotatable bonds is 5. The van der Waals surface area contributed by atoms with Crippen LogP contribution in [0.1, 0.15) is 49.2 Å². The molecule has 1 aromatic rings. The molecule has 0 saturated carbocycles. The molecule has 1 saturated heterocycles. The van der Waals surface area contributed by atoms with Gasteiger partial charge in [-0.1, -0.05) is 24.6 Å². The van der Waals surface area contributed by atoms with Gasteiger partial charge in [-0.2, -0.15) is 0 Å². The molecule has 0 aliphatic carbocycles. The van der Waals surface area contributed by atoms with Crippen molar-refractivity contribution in [3.05, 3.63) is 33.8 Å². The first-order valence-corrected chi connectivity index (χ1v) is 8.98. The SMILES string of the molecule is CCc1c(C(=O)O)ccc(C2(N[S+]([O-])C(C)(C)C)COC2)c1Cl. The Balaban J connectivity index is 2.45. The van der Waals surface area contributed by atoms with Gasteiger partial charge in [0.25, 0.3) is 0 Å². The molecule has 1 heterocycles. The largest absolute Gasteiger partial charge is 0.598 e. The molecule has 0 radical (unpaired) electrons. The second-order valence-corrected chi connectivity index (χ2v) is 9.01. The lowest BCUT2D eigenvalue weighted by Crippen LogP contribution is -2.61. The van der Waals surface area contributed by atoms with E-state index in [0.717, 1.165) is 5.56 Å². The van der Waals surface area contributed by atoms with Crippen LogP contribution < -0.4 is 4.72 Å². The summed E-state index contributed by atoms with van der Waals surface area (Å²) in [5.74, 6) is -1.000. The second-order valence-electron chi connectivity index (χ2n) is 6.67. The zero-order valence-corrected chi connectivity index (χ0v) is 15.3. The Kier molecular flexibility index (Phi) is 5.33. The first-order valence-electron chi connectivity index (χ1n) is 7.45. The maximum Gasteiger partial charge on any atom is 0.336 e. The first kappa shape index (κ1) is 18.5. The molecule has 1 fully saturated rings. The Morgan fingerprint density at radius 3 is 2.48 bits per heavy atom. The zero-order chi connectivity index (χ0) is 17.4. The summed E-state index contributed by atoms with van der Waals surface area (Å²) in [4.78, 5) is 11.3. The third-order valence-electron chi connectivity index (χ3n) is 3.88. The lowest BCUT2D eigenvalue weighted by Gasteiger charge is -2.44. The van der Waals surface area contributed by atoms with Crippen LogP contribution in [0, 0.1) is 0 Å². The van der Waals surface area contributed by atoms with Crippen LogP contribution in [-0.4, -0.2) is 33.6 Å². The fraction of sp³-hybridized carbons (Fsp3) is 0.562. The molecular formula is C16H22ClNO4S. The Hall–Kier alpha value is -0.790. The van der Waals surface area contributed by atoms with Crippen LogP contribution in [0.2, 0.25) is 5.02 Å². The van der Waals surface area contributed by atoms with Crippen LogP contribution in [0.3, 0.4) is 0 Å². The molecule has 1 aliphatic heterocycles. The number of benzene rings is 1. The van der Waals surface area contributed by atoms with Crippen molar-refractivity contribution >= 4 is 28.9 Å². The minimum atomic E-state index is -1.29. The molecule has 2 N–H and O–H groups in total. The number of halogens is 1. The highest BCUT2D eigenvalue weighted by molar-refractivity contribution is 7.90. The smallest absolute Gasteiger partial charge is 0.336 e. The zero-order valence-electron chi connectivity index (χ0n) is 13.7. The summed E-state index contributed by atoms with van der Waals surface area (Å²) in [7, 11) is 0. The average Bonchev–Trinajstić information content (AvgIpc) is 2.41. The summed E-state index contributed by atoms with van der Waals surface area (Å²) in [5.41, 5.74) is 0.889. The van der Waals surface area contributed by atoms with E-state index in [2.05, 4.69) is 4.72 Å². The van der Waals surface area contributed by atoms with Gasteiger partial charge in [-0.3, -0.25) is 0 Å². The minimum absolute atomic E-state index is 0.202. The molecular weight excluding hydrogens is 338 g/mol. The number of carboxylic acid groups (broad SMARTS) is 1. The van der Waals surface area contributed by atoms with Crippen LogP contribution in [-0.2, 0) is 28.1 Å². The molecule has 5 nitrogen and oxygen atoms in total. The predicted molar refractivity (Wildman–Crippen MR) is 91.3 cm³/mol. The van der Waals surface area contributed by atoms with E-state index < -0.39 is 27.6 Å². The van der Waals surface area contributed by atoms with Gasteiger partial charge in [0.15, 0.2) is 0 Å². The normalized spacial score (nSPS) is 18.3. The van der Waals surface area contributed by atoms with Gasteiger partial charge in [0.05, 0.1) is 23.8 Å². The number of hydrogen-bond acceptors (Lipinski definition) is 4. The quantitative estimate of drug-likeness (QED) is 0.790. The van der Waals surface area contributed by atoms with Crippen molar-refractivity contribution < 1.29 is 19.2 Å². The molecule has 0 bridgehead atoms. The molecule has 0 amide bonds. The van der Waals surface area contributed by atoms with Crippen molar-refractivity contribution in [1.82, 2.24) is 4.72 Å². The van der Waals surface area contributed by atoms with E-state index in [9.17, 15) is 14.5 Å². The van der Waals surface area contributed by atoms with Crippen molar-refractivity contribution in [1.29, 1.82) is 0 Å². The van der Waals surface area contributed by atoms with E-state index >= 15 is 0 Å². The Morgan fingerprint density at radius 2 is 2.09 bits per heavy atom. The molecule has 1 aromatic carbocycles. The third-order valence-corrected chi connectivity index (χ3v) is 6.00. The van der Waals surface area contributed by atoms with Crippen LogP contribution in [0.25, 0.3) is 0 Å². The monoisotopic (exact) mass is 359 g/mol. The van der Waals surface area contributed by atoms with Crippen LogP contribution in [0.15, 0.2) is 12.1 Å². The van der Waals surface area contributed by atoms with Gasteiger partial charge in [-0.15, -0.1) is 4.72 Å². The fourth-order valence-electron chi connectivity index (χ4n) is 2.44. The molecule has 1 unspecified atom stereocenters. The first-order chi connectivity index (χ1) is 10.6. The average molecular weight is 360 g/mol. The second kappa shape index (κ2) is 6.61. The van der Waals surface area contributed by atoms with Gasteiger partial charge in [0.1, 0.15) is 10.3 Å². The molecule has 128 valence electrons. The molecule has 0 spiro atoms. The Labute approximate surface area is 144 Å². The number of nitrogens with one attached hydrogen (secondary N) is 1. The Morgan fingerprint density at radius 1 is 1.48 bits per heavy atom. The summed E-state index contributed by atoms with van der Waals surface area (Å²) in [6.45, 7) is 8.22. The van der Waals surface area contributed by atoms with Crippen molar-refractivity contribution in [2.24, 2.45) is 0 Å². The summed E-state index contributed by atoms with van der Waals surface area (Å²) in [5, 5.41) is 9.70. The molecule has 0 aromatic heterocycles. The van der Waals surface area contributed by atoms with Crippen LogP contribution in [0.4, 0.5) is 0 Å². The van der Waals surface area contributed by atoms with Gasteiger partial charge in [-0.05, 0) is 38.8 Å². The fourth-order valence-corrected chi connectivity index (χ4v) is 3.81. The van der Waals surface area contributed by atoms with Crippen molar-refractivity contribution in [2.75, 3.05) is 13.2 Å². The molecule has 23 heavy (non-hydrogen) atoms. The number of hydrogen-bond donors (Lipinski definition) is 2. The maximum atomic E-state index is 12.5. The topological polar surface area (TPSA) is 81.6 Å². The van der Waals surface area contributed by atoms with Gasteiger partial charge in [0, 0.05) is 16.9 Å². The number of aromatic carboxylic acids is 1. The van der Waals surface area contributed by atoms with E-state index in [1.165, 1.54) is 0 Å². The highest BCUT2D eigenvalue weighted by atomic mass is 35.5. The molecule has 1 atom stereocenters. The van der Waals surface area contributed by atoms with E-state index in [0.29, 0.717) is 30.2 Å². The highest BCUT2D eigenvalue weighted by Crippen LogP contribution is 2.39. The van der Waals surface area contributed by atoms with Crippen molar-refractivity contribution in [3.8, 4) is 0 Å². The summed E-state index contributed by atoms with van der Waals surface area (Å²) in [6.07, 6.45) is 0.508.